The molecule has 0 bridgehead atoms. The number of carbonyl (C=O) groups is 2. The monoisotopic (exact) mass is 381 g/mol. The summed E-state index contributed by atoms with van der Waals surface area (Å²) in [4.78, 5) is 28.6. The van der Waals surface area contributed by atoms with E-state index in [0.717, 1.165) is 33.8 Å². The molecule has 6 heteroatoms. The molecule has 0 fully saturated rings. The average Bonchev–Trinajstić information content (AvgIpc) is 3.06. The van der Waals surface area contributed by atoms with Crippen molar-refractivity contribution in [2.24, 2.45) is 0 Å². The Bertz CT molecular complexity index is 912. The Morgan fingerprint density at radius 2 is 1.74 bits per heavy atom. The summed E-state index contributed by atoms with van der Waals surface area (Å²) in [5.41, 5.74) is 3.83. The predicted octanol–water partition coefficient (Wildman–Crippen LogP) is 3.99. The van der Waals surface area contributed by atoms with Crippen molar-refractivity contribution in [2.45, 2.75) is 33.1 Å². The highest BCUT2D eigenvalue weighted by Crippen LogP contribution is 2.22. The molecule has 0 atom stereocenters. The second-order valence-corrected chi connectivity index (χ2v) is 7.64. The standard InChI is InChI=1S/C21H23N3O2S/c1-14-7-5-8-15(2)21(14)24-19(26)13-22-18(25)11-6-12-20-23-16-9-3-4-10-17(16)27-20/h3-5,7-10H,6,11-13H2,1-2H3,(H,22,25)(H,24,26). The molecule has 1 aromatic heterocycles. The third-order valence-corrected chi connectivity index (χ3v) is 5.42. The molecule has 27 heavy (non-hydrogen) atoms. The van der Waals surface area contributed by atoms with Crippen LogP contribution in [0.3, 0.4) is 0 Å². The predicted molar refractivity (Wildman–Crippen MR) is 110 cm³/mol. The minimum atomic E-state index is -0.216. The number of anilines is 1. The number of fused-ring (bicyclic) bond motifs is 1. The lowest BCUT2D eigenvalue weighted by atomic mass is 10.1. The zero-order valence-corrected chi connectivity index (χ0v) is 16.4. The molecular weight excluding hydrogens is 358 g/mol. The summed E-state index contributed by atoms with van der Waals surface area (Å²) < 4.78 is 1.17. The Kier molecular flexibility index (Phi) is 6.19. The topological polar surface area (TPSA) is 71.1 Å². The van der Waals surface area contributed by atoms with Crippen LogP contribution in [0.5, 0.6) is 0 Å². The summed E-state index contributed by atoms with van der Waals surface area (Å²) in [5, 5.41) is 6.59. The number of aryl methyl sites for hydroxylation is 3. The van der Waals surface area contributed by atoms with Gasteiger partial charge in [-0.15, -0.1) is 11.3 Å². The van der Waals surface area contributed by atoms with Crippen LogP contribution in [0.2, 0.25) is 0 Å². The summed E-state index contributed by atoms with van der Waals surface area (Å²) in [6.45, 7) is 3.88. The fourth-order valence-electron chi connectivity index (χ4n) is 2.89. The zero-order chi connectivity index (χ0) is 19.2. The summed E-state index contributed by atoms with van der Waals surface area (Å²) in [6, 6.07) is 13.9. The van der Waals surface area contributed by atoms with Crippen molar-refractivity contribution in [1.82, 2.24) is 10.3 Å². The maximum Gasteiger partial charge on any atom is 0.243 e. The highest BCUT2D eigenvalue weighted by Gasteiger charge is 2.10. The number of hydrogen-bond acceptors (Lipinski definition) is 4. The lowest BCUT2D eigenvalue weighted by Crippen LogP contribution is -2.33. The van der Waals surface area contributed by atoms with Crippen LogP contribution in [-0.2, 0) is 16.0 Å². The van der Waals surface area contributed by atoms with Gasteiger partial charge in [-0.3, -0.25) is 9.59 Å². The Labute approximate surface area is 162 Å². The first-order valence-corrected chi connectivity index (χ1v) is 9.82. The number of amides is 2. The van der Waals surface area contributed by atoms with Gasteiger partial charge in [-0.2, -0.15) is 0 Å². The molecule has 2 N–H and O–H groups in total. The van der Waals surface area contributed by atoms with Crippen LogP contribution < -0.4 is 10.6 Å². The van der Waals surface area contributed by atoms with E-state index in [1.54, 1.807) is 11.3 Å². The average molecular weight is 382 g/mol. The highest BCUT2D eigenvalue weighted by atomic mass is 32.1. The normalized spacial score (nSPS) is 10.7. The highest BCUT2D eigenvalue weighted by molar-refractivity contribution is 7.18. The zero-order valence-electron chi connectivity index (χ0n) is 15.5. The largest absolute Gasteiger partial charge is 0.347 e. The molecule has 5 nitrogen and oxygen atoms in total. The molecule has 0 radical (unpaired) electrons. The Balaban J connectivity index is 1.41. The smallest absolute Gasteiger partial charge is 0.243 e. The maximum absolute atomic E-state index is 12.1. The number of benzene rings is 2. The number of thiazole rings is 1. The van der Waals surface area contributed by atoms with E-state index >= 15 is 0 Å². The molecule has 0 unspecified atom stereocenters. The lowest BCUT2D eigenvalue weighted by Gasteiger charge is -2.11. The molecule has 2 amide bonds. The van der Waals surface area contributed by atoms with Crippen LogP contribution in [0.4, 0.5) is 5.69 Å². The fraction of sp³-hybridized carbons (Fsp3) is 0.286. The van der Waals surface area contributed by atoms with E-state index < -0.39 is 0 Å². The van der Waals surface area contributed by atoms with E-state index in [4.69, 9.17) is 0 Å². The summed E-state index contributed by atoms with van der Waals surface area (Å²) in [7, 11) is 0. The first-order valence-electron chi connectivity index (χ1n) is 9.00. The molecule has 0 aliphatic heterocycles. The molecule has 0 aliphatic rings. The van der Waals surface area contributed by atoms with Crippen molar-refractivity contribution in [3.8, 4) is 0 Å². The van der Waals surface area contributed by atoms with E-state index in [2.05, 4.69) is 21.7 Å². The van der Waals surface area contributed by atoms with Gasteiger partial charge < -0.3 is 10.6 Å². The fourth-order valence-corrected chi connectivity index (χ4v) is 3.90. The molecular formula is C21H23N3O2S. The van der Waals surface area contributed by atoms with Crippen LogP contribution in [0.1, 0.15) is 29.0 Å². The van der Waals surface area contributed by atoms with Gasteiger partial charge in [0.1, 0.15) is 0 Å². The molecule has 1 heterocycles. The molecule has 0 aliphatic carbocycles. The van der Waals surface area contributed by atoms with Gasteiger partial charge in [0.15, 0.2) is 0 Å². The van der Waals surface area contributed by atoms with Gasteiger partial charge in [-0.25, -0.2) is 4.98 Å². The van der Waals surface area contributed by atoms with Gasteiger partial charge in [0.2, 0.25) is 11.8 Å². The Morgan fingerprint density at radius 1 is 1.00 bits per heavy atom. The van der Waals surface area contributed by atoms with Crippen molar-refractivity contribution in [3.63, 3.8) is 0 Å². The molecule has 3 rings (SSSR count). The summed E-state index contributed by atoms with van der Waals surface area (Å²) in [5.74, 6) is -0.334. The Hall–Kier alpha value is -2.73. The summed E-state index contributed by atoms with van der Waals surface area (Å²) in [6.07, 6.45) is 1.86. The minimum absolute atomic E-state index is 0.0201. The van der Waals surface area contributed by atoms with Crippen LogP contribution >= 0.6 is 11.3 Å². The van der Waals surface area contributed by atoms with E-state index in [1.807, 2.05) is 50.2 Å². The van der Waals surface area contributed by atoms with Gasteiger partial charge >= 0.3 is 0 Å². The second kappa shape index (κ2) is 8.77. The van der Waals surface area contributed by atoms with Crippen molar-refractivity contribution >= 4 is 39.1 Å². The molecule has 140 valence electrons. The van der Waals surface area contributed by atoms with Gasteiger partial charge in [0, 0.05) is 12.1 Å². The minimum Gasteiger partial charge on any atom is -0.347 e. The third-order valence-electron chi connectivity index (χ3n) is 4.32. The van der Waals surface area contributed by atoms with Crippen molar-refractivity contribution < 1.29 is 9.59 Å². The lowest BCUT2D eigenvalue weighted by molar-refractivity contribution is -0.124. The first kappa shape index (κ1) is 19.0. The van der Waals surface area contributed by atoms with E-state index in [9.17, 15) is 9.59 Å². The number of para-hydroxylation sites is 2. The first-order chi connectivity index (χ1) is 13.0. The molecule has 0 saturated heterocycles. The van der Waals surface area contributed by atoms with Gasteiger partial charge in [0.25, 0.3) is 0 Å². The number of carbonyl (C=O) groups excluding carboxylic acids is 2. The van der Waals surface area contributed by atoms with Crippen LogP contribution in [0, 0.1) is 13.8 Å². The molecule has 2 aromatic carbocycles. The van der Waals surface area contributed by atoms with E-state index in [1.165, 1.54) is 4.70 Å². The molecule has 0 spiro atoms. The van der Waals surface area contributed by atoms with Crippen LogP contribution in [-0.4, -0.2) is 23.3 Å². The SMILES string of the molecule is Cc1cccc(C)c1NC(=O)CNC(=O)CCCc1nc2ccccc2s1. The van der Waals surface area contributed by atoms with E-state index in [-0.39, 0.29) is 18.4 Å². The number of aromatic nitrogens is 1. The second-order valence-electron chi connectivity index (χ2n) is 6.52. The molecule has 0 saturated carbocycles. The van der Waals surface area contributed by atoms with Gasteiger partial charge in [-0.1, -0.05) is 30.3 Å². The number of hydrogen-bond donors (Lipinski definition) is 2. The quantitative estimate of drug-likeness (QED) is 0.650. The number of nitrogens with one attached hydrogen (secondary N) is 2. The van der Waals surface area contributed by atoms with Crippen molar-refractivity contribution in [2.75, 3.05) is 11.9 Å². The maximum atomic E-state index is 12.1. The number of rotatable bonds is 7. The van der Waals surface area contributed by atoms with Gasteiger partial charge in [-0.05, 0) is 49.9 Å². The van der Waals surface area contributed by atoms with Crippen LogP contribution in [0.15, 0.2) is 42.5 Å². The summed E-state index contributed by atoms with van der Waals surface area (Å²) >= 11 is 1.66. The molecule has 3 aromatic rings. The van der Waals surface area contributed by atoms with E-state index in [0.29, 0.717) is 12.8 Å². The van der Waals surface area contributed by atoms with Crippen molar-refractivity contribution in [3.05, 3.63) is 58.6 Å². The van der Waals surface area contributed by atoms with Crippen molar-refractivity contribution in [1.29, 1.82) is 0 Å². The Morgan fingerprint density at radius 3 is 2.48 bits per heavy atom. The third kappa shape index (κ3) is 5.14. The van der Waals surface area contributed by atoms with Crippen LogP contribution in [0.25, 0.3) is 10.2 Å². The van der Waals surface area contributed by atoms with Gasteiger partial charge in [0.05, 0.1) is 21.8 Å². The number of nitrogens with zero attached hydrogens (tertiary/aromatic N) is 1.